The first-order valence-electron chi connectivity index (χ1n) is 6.79. The zero-order chi connectivity index (χ0) is 15.2. The van der Waals surface area contributed by atoms with E-state index in [0.717, 1.165) is 5.56 Å². The second-order valence-electron chi connectivity index (χ2n) is 4.63. The SMILES string of the molecule is CCOc1cc(OCc2ccccc2)cc(C)c1C(=O)O. The number of rotatable bonds is 6. The Morgan fingerprint density at radius 2 is 1.86 bits per heavy atom. The van der Waals surface area contributed by atoms with Crippen LogP contribution in [0.3, 0.4) is 0 Å². The summed E-state index contributed by atoms with van der Waals surface area (Å²) in [5, 5.41) is 9.25. The summed E-state index contributed by atoms with van der Waals surface area (Å²) in [6.07, 6.45) is 0. The molecule has 1 N–H and O–H groups in total. The molecule has 0 unspecified atom stereocenters. The van der Waals surface area contributed by atoms with Crippen molar-refractivity contribution in [3.63, 3.8) is 0 Å². The topological polar surface area (TPSA) is 55.8 Å². The number of hydrogen-bond donors (Lipinski definition) is 1. The molecule has 0 spiro atoms. The van der Waals surface area contributed by atoms with E-state index in [4.69, 9.17) is 9.47 Å². The highest BCUT2D eigenvalue weighted by atomic mass is 16.5. The molecule has 0 saturated carbocycles. The molecule has 0 fully saturated rings. The molecule has 21 heavy (non-hydrogen) atoms. The summed E-state index contributed by atoms with van der Waals surface area (Å²) >= 11 is 0. The van der Waals surface area contributed by atoms with Crippen LogP contribution in [-0.4, -0.2) is 17.7 Å². The van der Waals surface area contributed by atoms with Crippen LogP contribution in [0.25, 0.3) is 0 Å². The van der Waals surface area contributed by atoms with E-state index in [-0.39, 0.29) is 5.56 Å². The molecule has 0 bridgehead atoms. The van der Waals surface area contributed by atoms with Crippen molar-refractivity contribution in [2.24, 2.45) is 0 Å². The molecule has 4 nitrogen and oxygen atoms in total. The van der Waals surface area contributed by atoms with Crippen LogP contribution in [0, 0.1) is 6.92 Å². The Bertz CT molecular complexity index is 620. The Labute approximate surface area is 123 Å². The van der Waals surface area contributed by atoms with Crippen molar-refractivity contribution < 1.29 is 19.4 Å². The lowest BCUT2D eigenvalue weighted by molar-refractivity contribution is 0.0691. The number of aromatic carboxylic acids is 1. The number of carbonyl (C=O) groups is 1. The molecule has 110 valence electrons. The summed E-state index contributed by atoms with van der Waals surface area (Å²) in [5.74, 6) is -0.0524. The van der Waals surface area contributed by atoms with E-state index in [9.17, 15) is 9.90 Å². The zero-order valence-corrected chi connectivity index (χ0v) is 12.1. The van der Waals surface area contributed by atoms with Gasteiger partial charge in [-0.25, -0.2) is 4.79 Å². The van der Waals surface area contributed by atoms with Gasteiger partial charge in [-0.3, -0.25) is 0 Å². The van der Waals surface area contributed by atoms with Crippen molar-refractivity contribution in [3.8, 4) is 11.5 Å². The van der Waals surface area contributed by atoms with E-state index in [2.05, 4.69) is 0 Å². The molecule has 2 rings (SSSR count). The Hall–Kier alpha value is -2.49. The Balaban J connectivity index is 2.22. The van der Waals surface area contributed by atoms with Gasteiger partial charge in [0.1, 0.15) is 23.7 Å². The van der Waals surface area contributed by atoms with Gasteiger partial charge in [-0.2, -0.15) is 0 Å². The van der Waals surface area contributed by atoms with Gasteiger partial charge in [-0.1, -0.05) is 30.3 Å². The highest BCUT2D eigenvalue weighted by Gasteiger charge is 2.16. The Morgan fingerprint density at radius 1 is 1.14 bits per heavy atom. The van der Waals surface area contributed by atoms with Crippen molar-refractivity contribution in [1.29, 1.82) is 0 Å². The molecule has 0 aliphatic carbocycles. The number of ether oxygens (including phenoxy) is 2. The van der Waals surface area contributed by atoms with Crippen molar-refractivity contribution in [1.82, 2.24) is 0 Å². The van der Waals surface area contributed by atoms with Gasteiger partial charge >= 0.3 is 5.97 Å². The van der Waals surface area contributed by atoms with E-state index < -0.39 is 5.97 Å². The van der Waals surface area contributed by atoms with Crippen LogP contribution in [0.1, 0.15) is 28.4 Å². The van der Waals surface area contributed by atoms with Gasteiger partial charge in [0, 0.05) is 6.07 Å². The fourth-order valence-corrected chi connectivity index (χ4v) is 2.09. The number of carboxylic acids is 1. The molecule has 2 aromatic rings. The first-order valence-corrected chi connectivity index (χ1v) is 6.79. The minimum absolute atomic E-state index is 0.184. The van der Waals surface area contributed by atoms with E-state index in [1.165, 1.54) is 0 Å². The van der Waals surface area contributed by atoms with E-state index in [1.54, 1.807) is 19.1 Å². The maximum atomic E-state index is 11.3. The standard InChI is InChI=1S/C17H18O4/c1-3-20-15-10-14(9-12(2)16(15)17(18)19)21-11-13-7-5-4-6-8-13/h4-10H,3,11H2,1-2H3,(H,18,19). The van der Waals surface area contributed by atoms with E-state index in [0.29, 0.717) is 30.3 Å². The summed E-state index contributed by atoms with van der Waals surface area (Å²) < 4.78 is 11.1. The molecular formula is C17H18O4. The zero-order valence-electron chi connectivity index (χ0n) is 12.1. The quantitative estimate of drug-likeness (QED) is 0.880. The third kappa shape index (κ3) is 3.75. The van der Waals surface area contributed by atoms with Gasteiger partial charge in [0.15, 0.2) is 0 Å². The van der Waals surface area contributed by atoms with Gasteiger partial charge < -0.3 is 14.6 Å². The molecule has 0 atom stereocenters. The minimum atomic E-state index is -0.995. The molecular weight excluding hydrogens is 268 g/mol. The molecule has 0 aliphatic rings. The van der Waals surface area contributed by atoms with Crippen LogP contribution in [0.15, 0.2) is 42.5 Å². The molecule has 0 aromatic heterocycles. The number of carboxylic acid groups (broad SMARTS) is 1. The van der Waals surface area contributed by atoms with Gasteiger partial charge in [0.2, 0.25) is 0 Å². The van der Waals surface area contributed by atoms with Crippen LogP contribution >= 0.6 is 0 Å². The van der Waals surface area contributed by atoms with Crippen molar-refractivity contribution in [2.75, 3.05) is 6.61 Å². The molecule has 0 aliphatic heterocycles. The van der Waals surface area contributed by atoms with Gasteiger partial charge in [0.05, 0.1) is 6.61 Å². The summed E-state index contributed by atoms with van der Waals surface area (Å²) in [7, 11) is 0. The van der Waals surface area contributed by atoms with Crippen molar-refractivity contribution >= 4 is 5.97 Å². The maximum Gasteiger partial charge on any atom is 0.339 e. The third-order valence-corrected chi connectivity index (χ3v) is 3.03. The summed E-state index contributed by atoms with van der Waals surface area (Å²) in [6, 6.07) is 13.1. The lowest BCUT2D eigenvalue weighted by Gasteiger charge is -2.13. The average Bonchev–Trinajstić information content (AvgIpc) is 2.46. The average molecular weight is 286 g/mol. The molecule has 0 amide bonds. The van der Waals surface area contributed by atoms with Crippen LogP contribution in [0.4, 0.5) is 0 Å². The largest absolute Gasteiger partial charge is 0.493 e. The second-order valence-corrected chi connectivity index (χ2v) is 4.63. The molecule has 0 radical (unpaired) electrons. The molecule has 0 saturated heterocycles. The summed E-state index contributed by atoms with van der Waals surface area (Å²) in [5.41, 5.74) is 1.86. The number of hydrogen-bond acceptors (Lipinski definition) is 3. The monoisotopic (exact) mass is 286 g/mol. The smallest absolute Gasteiger partial charge is 0.339 e. The Morgan fingerprint density at radius 3 is 2.48 bits per heavy atom. The summed E-state index contributed by atoms with van der Waals surface area (Å²) in [6.45, 7) is 4.39. The highest BCUT2D eigenvalue weighted by molar-refractivity contribution is 5.93. The second kappa shape index (κ2) is 6.79. The van der Waals surface area contributed by atoms with Crippen LogP contribution in [-0.2, 0) is 6.61 Å². The Kier molecular flexibility index (Phi) is 4.82. The summed E-state index contributed by atoms with van der Waals surface area (Å²) in [4.78, 5) is 11.3. The minimum Gasteiger partial charge on any atom is -0.493 e. The molecule has 2 aromatic carbocycles. The fourth-order valence-electron chi connectivity index (χ4n) is 2.09. The predicted octanol–water partition coefficient (Wildman–Crippen LogP) is 3.67. The first-order chi connectivity index (χ1) is 10.1. The lowest BCUT2D eigenvalue weighted by Crippen LogP contribution is -2.06. The normalized spacial score (nSPS) is 10.2. The van der Waals surface area contributed by atoms with Gasteiger partial charge in [0.25, 0.3) is 0 Å². The lowest BCUT2D eigenvalue weighted by atomic mass is 10.1. The van der Waals surface area contributed by atoms with Gasteiger partial charge in [-0.15, -0.1) is 0 Å². The predicted molar refractivity (Wildman–Crippen MR) is 80.1 cm³/mol. The first kappa shape index (κ1) is 14.9. The van der Waals surface area contributed by atoms with E-state index in [1.807, 2.05) is 37.3 Å². The fraction of sp³-hybridized carbons (Fsp3) is 0.235. The molecule has 4 heteroatoms. The highest BCUT2D eigenvalue weighted by Crippen LogP contribution is 2.29. The third-order valence-electron chi connectivity index (χ3n) is 3.03. The van der Waals surface area contributed by atoms with Crippen LogP contribution < -0.4 is 9.47 Å². The van der Waals surface area contributed by atoms with E-state index >= 15 is 0 Å². The van der Waals surface area contributed by atoms with Crippen LogP contribution in [0.2, 0.25) is 0 Å². The molecule has 0 heterocycles. The van der Waals surface area contributed by atoms with Crippen molar-refractivity contribution in [3.05, 3.63) is 59.2 Å². The maximum absolute atomic E-state index is 11.3. The number of benzene rings is 2. The van der Waals surface area contributed by atoms with Crippen molar-refractivity contribution in [2.45, 2.75) is 20.5 Å². The van der Waals surface area contributed by atoms with Crippen LogP contribution in [0.5, 0.6) is 11.5 Å². The van der Waals surface area contributed by atoms with Gasteiger partial charge in [-0.05, 0) is 31.0 Å². The number of aryl methyl sites for hydroxylation is 1.